The summed E-state index contributed by atoms with van der Waals surface area (Å²) in [5.41, 5.74) is -0.0729. The highest BCUT2D eigenvalue weighted by atomic mass is 32.2. The van der Waals surface area contributed by atoms with Crippen LogP contribution < -0.4 is 5.56 Å². The van der Waals surface area contributed by atoms with Gasteiger partial charge in [0.05, 0.1) is 10.6 Å². The summed E-state index contributed by atoms with van der Waals surface area (Å²) >= 11 is 0. The molecule has 0 saturated carbocycles. The molecule has 0 fully saturated rings. The van der Waals surface area contributed by atoms with E-state index in [9.17, 15) is 33.2 Å². The molecular formula is C33H43N5O8S. The number of sulfonamides is 1. The Morgan fingerprint density at radius 2 is 1.60 bits per heavy atom. The Morgan fingerprint density at radius 1 is 1.04 bits per heavy atom. The van der Waals surface area contributed by atoms with Crippen molar-refractivity contribution in [3.63, 3.8) is 0 Å². The van der Waals surface area contributed by atoms with Crippen molar-refractivity contribution in [2.24, 2.45) is 16.1 Å². The second-order valence-corrected chi connectivity index (χ2v) is 13.0. The van der Waals surface area contributed by atoms with E-state index >= 15 is 0 Å². The highest BCUT2D eigenvalue weighted by Gasteiger charge is 2.26. The summed E-state index contributed by atoms with van der Waals surface area (Å²) < 4.78 is 39.3. The second-order valence-electron chi connectivity index (χ2n) is 11.0. The highest BCUT2D eigenvalue weighted by molar-refractivity contribution is 7.89. The van der Waals surface area contributed by atoms with E-state index in [2.05, 4.69) is 30.3 Å². The van der Waals surface area contributed by atoms with Crippen molar-refractivity contribution >= 4 is 33.3 Å². The van der Waals surface area contributed by atoms with Gasteiger partial charge in [-0.3, -0.25) is 9.36 Å². The third kappa shape index (κ3) is 10.5. The molecule has 0 spiro atoms. The number of ether oxygens (including phenoxy) is 2. The van der Waals surface area contributed by atoms with E-state index in [1.807, 2.05) is 13.0 Å². The van der Waals surface area contributed by atoms with Crippen molar-refractivity contribution < 1.29 is 32.6 Å². The third-order valence-electron chi connectivity index (χ3n) is 7.34. The number of hydrogen-bond donors (Lipinski definition) is 1. The normalized spacial score (nSPS) is 12.1. The predicted molar refractivity (Wildman–Crippen MR) is 176 cm³/mol. The van der Waals surface area contributed by atoms with Crippen molar-refractivity contribution in [1.82, 2.24) is 8.87 Å². The first kappa shape index (κ1) is 38.6. The first-order valence-electron chi connectivity index (χ1n) is 15.2. The summed E-state index contributed by atoms with van der Waals surface area (Å²) in [6.45, 7) is 14.7. The number of azo groups is 1. The van der Waals surface area contributed by atoms with Gasteiger partial charge in [-0.2, -0.15) is 14.7 Å². The molecule has 0 radical (unpaired) electrons. The van der Waals surface area contributed by atoms with Crippen molar-refractivity contribution in [1.29, 1.82) is 5.26 Å². The van der Waals surface area contributed by atoms with Crippen LogP contribution in [0.3, 0.4) is 0 Å². The number of nitrogens with zero attached hydrogens (tertiary/aromatic N) is 5. The molecule has 2 rings (SSSR count). The van der Waals surface area contributed by atoms with E-state index in [1.54, 1.807) is 0 Å². The minimum absolute atomic E-state index is 0.0389. The molecule has 0 aliphatic carbocycles. The SMILES string of the molecule is C=C(C)C(=O)OCCN(CCOC(=O)C(=C)C)S(=O)(=O)c1ccc(/N=N/c2c(C)c(C#N)c(=O)n(CC(CC)CCCC)c2O)cc1. The fourth-order valence-electron chi connectivity index (χ4n) is 4.42. The van der Waals surface area contributed by atoms with E-state index in [-0.39, 0.29) is 77.3 Å². The smallest absolute Gasteiger partial charge is 0.333 e. The molecule has 0 aliphatic heterocycles. The summed E-state index contributed by atoms with van der Waals surface area (Å²) in [7, 11) is -4.16. The molecule has 0 amide bonds. The van der Waals surface area contributed by atoms with E-state index in [4.69, 9.17) is 9.47 Å². The lowest BCUT2D eigenvalue weighted by Crippen LogP contribution is -2.37. The molecular weight excluding hydrogens is 626 g/mol. The van der Waals surface area contributed by atoms with Crippen LogP contribution >= 0.6 is 0 Å². The lowest BCUT2D eigenvalue weighted by Gasteiger charge is -2.22. The van der Waals surface area contributed by atoms with E-state index < -0.39 is 33.4 Å². The Morgan fingerprint density at radius 3 is 2.06 bits per heavy atom. The summed E-state index contributed by atoms with van der Waals surface area (Å²) in [5, 5.41) is 29.0. The van der Waals surface area contributed by atoms with Gasteiger partial charge in [-0.25, -0.2) is 18.0 Å². The summed E-state index contributed by atoms with van der Waals surface area (Å²) in [5.74, 6) is -1.64. The van der Waals surface area contributed by atoms with Crippen LogP contribution in [0.4, 0.5) is 11.4 Å². The second kappa shape index (κ2) is 17.9. The number of carbonyl (C=O) groups is 2. The lowest BCUT2D eigenvalue weighted by atomic mass is 9.99. The van der Waals surface area contributed by atoms with Gasteiger partial charge in [0.15, 0.2) is 5.69 Å². The largest absolute Gasteiger partial charge is 0.493 e. The molecule has 0 bridgehead atoms. The molecule has 47 heavy (non-hydrogen) atoms. The molecule has 1 aromatic carbocycles. The first-order valence-corrected chi connectivity index (χ1v) is 16.7. The van der Waals surface area contributed by atoms with Gasteiger partial charge in [0.1, 0.15) is 24.8 Å². The maximum Gasteiger partial charge on any atom is 0.333 e. The molecule has 2 aromatic rings. The molecule has 1 N–H and O–H groups in total. The number of carbonyl (C=O) groups excluding carboxylic acids is 2. The fraction of sp³-hybridized carbons (Fsp3) is 0.455. The van der Waals surface area contributed by atoms with Gasteiger partial charge < -0.3 is 14.6 Å². The van der Waals surface area contributed by atoms with Crippen LogP contribution in [0.5, 0.6) is 5.88 Å². The van der Waals surface area contributed by atoms with Crippen LogP contribution in [-0.4, -0.2) is 60.6 Å². The van der Waals surface area contributed by atoms with Gasteiger partial charge >= 0.3 is 11.9 Å². The van der Waals surface area contributed by atoms with Gasteiger partial charge in [-0.15, -0.1) is 5.11 Å². The topological polar surface area (TPSA) is 181 Å². The van der Waals surface area contributed by atoms with Crippen LogP contribution in [0.2, 0.25) is 0 Å². The molecule has 0 saturated heterocycles. The Hall–Kier alpha value is -4.61. The van der Waals surface area contributed by atoms with Crippen LogP contribution in [0.15, 0.2) is 68.5 Å². The summed E-state index contributed by atoms with van der Waals surface area (Å²) in [4.78, 5) is 36.5. The number of rotatable bonds is 18. The Labute approximate surface area is 275 Å². The number of aromatic hydroxyl groups is 1. The maximum atomic E-state index is 13.5. The van der Waals surface area contributed by atoms with E-state index in [1.165, 1.54) is 45.0 Å². The van der Waals surface area contributed by atoms with Crippen molar-refractivity contribution in [3.05, 3.63) is 70.1 Å². The average molecular weight is 670 g/mol. The van der Waals surface area contributed by atoms with Crippen molar-refractivity contribution in [2.75, 3.05) is 26.3 Å². The third-order valence-corrected chi connectivity index (χ3v) is 9.25. The summed E-state index contributed by atoms with van der Waals surface area (Å²) in [6, 6.07) is 7.28. The van der Waals surface area contributed by atoms with Crippen molar-refractivity contribution in [2.45, 2.75) is 71.7 Å². The van der Waals surface area contributed by atoms with Gasteiger partial charge in [0, 0.05) is 36.3 Å². The minimum atomic E-state index is -4.16. The Balaban J connectivity index is 2.38. The first-order chi connectivity index (χ1) is 22.2. The van der Waals surface area contributed by atoms with Crippen molar-refractivity contribution in [3.8, 4) is 11.9 Å². The molecule has 13 nitrogen and oxygen atoms in total. The van der Waals surface area contributed by atoms with Crippen LogP contribution in [0, 0.1) is 24.2 Å². The van der Waals surface area contributed by atoms with Gasteiger partial charge in [-0.05, 0) is 57.4 Å². The standard InChI is InChI=1S/C33H43N5O8S/c1-8-10-11-25(9-2)21-38-30(39)28(20-34)24(7)29(31(38)40)36-35-26-12-14-27(15-13-26)47(43,44)37(16-18-45-32(41)22(3)4)17-19-46-33(42)23(5)6/h12-15,25,40H,3,5,8-11,16-19,21H2,1-2,4,6-7H3/b36-35+. The summed E-state index contributed by atoms with van der Waals surface area (Å²) in [6.07, 6.45) is 3.59. The van der Waals surface area contributed by atoms with E-state index in [0.717, 1.165) is 34.6 Å². The van der Waals surface area contributed by atoms with Crippen LogP contribution in [-0.2, 0) is 35.6 Å². The minimum Gasteiger partial charge on any atom is -0.493 e. The monoisotopic (exact) mass is 669 g/mol. The number of aromatic nitrogens is 1. The molecule has 1 heterocycles. The zero-order chi connectivity index (χ0) is 35.3. The van der Waals surface area contributed by atoms with Gasteiger partial charge in [-0.1, -0.05) is 46.3 Å². The molecule has 1 aromatic heterocycles. The fourth-order valence-corrected chi connectivity index (χ4v) is 5.83. The van der Waals surface area contributed by atoms with Gasteiger partial charge in [0.2, 0.25) is 15.9 Å². The lowest BCUT2D eigenvalue weighted by molar-refractivity contribution is -0.139. The number of esters is 2. The van der Waals surface area contributed by atoms with Gasteiger partial charge in [0.25, 0.3) is 5.56 Å². The molecule has 0 aliphatic rings. The maximum absolute atomic E-state index is 13.5. The number of nitriles is 1. The Bertz CT molecular complexity index is 1670. The zero-order valence-electron chi connectivity index (χ0n) is 27.6. The highest BCUT2D eigenvalue weighted by Crippen LogP contribution is 2.33. The number of unbranched alkanes of at least 4 members (excludes halogenated alkanes) is 1. The molecule has 14 heteroatoms. The Kier molecular flexibility index (Phi) is 14.7. The quantitative estimate of drug-likeness (QED) is 0.120. The van der Waals surface area contributed by atoms with Crippen LogP contribution in [0.25, 0.3) is 0 Å². The number of benzene rings is 1. The molecule has 254 valence electrons. The van der Waals surface area contributed by atoms with Crippen LogP contribution in [0.1, 0.15) is 64.5 Å². The molecule has 1 atom stereocenters. The number of hydrogen-bond acceptors (Lipinski definition) is 11. The zero-order valence-corrected chi connectivity index (χ0v) is 28.4. The van der Waals surface area contributed by atoms with E-state index in [0.29, 0.717) is 0 Å². The number of pyridine rings is 1. The predicted octanol–water partition coefficient (Wildman–Crippen LogP) is 5.60. The average Bonchev–Trinajstić information content (AvgIpc) is 3.03. The molecule has 1 unspecified atom stereocenters.